The zero-order valence-corrected chi connectivity index (χ0v) is 18.1. The predicted octanol–water partition coefficient (Wildman–Crippen LogP) is 6.07. The van der Waals surface area contributed by atoms with E-state index in [0.717, 1.165) is 0 Å². The summed E-state index contributed by atoms with van der Waals surface area (Å²) in [7, 11) is -1.35. The minimum atomic E-state index is -1.35. The van der Waals surface area contributed by atoms with Crippen LogP contribution in [0.5, 0.6) is 0 Å². The van der Waals surface area contributed by atoms with E-state index in [1.807, 2.05) is 0 Å². The van der Waals surface area contributed by atoms with Gasteiger partial charge in [-0.3, -0.25) is 0 Å². The van der Waals surface area contributed by atoms with Crippen molar-refractivity contribution in [1.29, 1.82) is 0 Å². The molecule has 1 aromatic carbocycles. The quantitative estimate of drug-likeness (QED) is 0.581. The van der Waals surface area contributed by atoms with E-state index in [4.69, 9.17) is 0 Å². The molecule has 0 radical (unpaired) electrons. The van der Waals surface area contributed by atoms with Crippen molar-refractivity contribution in [3.63, 3.8) is 0 Å². The first-order valence-electron chi connectivity index (χ1n) is 9.53. The van der Waals surface area contributed by atoms with Crippen LogP contribution < -0.4 is 5.19 Å². The topological polar surface area (TPSA) is 0 Å². The Morgan fingerprint density at radius 3 is 2.12 bits per heavy atom. The maximum Gasteiger partial charge on any atom is 0.0925 e. The van der Waals surface area contributed by atoms with Gasteiger partial charge in [0.05, 0.1) is 8.80 Å². The molecule has 132 valence electrons. The maximum absolute atomic E-state index is 2.51. The molecule has 2 unspecified atom stereocenters. The Morgan fingerprint density at radius 1 is 0.920 bits per heavy atom. The van der Waals surface area contributed by atoms with Crippen LogP contribution in [0.1, 0.15) is 52.2 Å². The molecule has 0 N–H and O–H groups in total. The average molecular weight is 349 g/mol. The van der Waals surface area contributed by atoms with E-state index >= 15 is 0 Å². The molecule has 2 aliphatic rings. The standard InChI is InChI=1S/C24H32Si/c1-16-12-11-13-22(17(16)2)25(24(7)14-9-8-10-15-24)23-20(5)18(3)19(4)21(23)6/h8-14,23,25H,15H2,1-7H3. The summed E-state index contributed by atoms with van der Waals surface area (Å²) in [4.78, 5) is 0. The van der Waals surface area contributed by atoms with Gasteiger partial charge in [-0.1, -0.05) is 65.8 Å². The molecule has 0 saturated carbocycles. The Morgan fingerprint density at radius 2 is 1.56 bits per heavy atom. The molecule has 0 aliphatic heterocycles. The third kappa shape index (κ3) is 2.93. The van der Waals surface area contributed by atoms with E-state index in [0.29, 0.717) is 5.54 Å². The van der Waals surface area contributed by atoms with Crippen LogP contribution >= 0.6 is 0 Å². The Kier molecular flexibility index (Phi) is 4.81. The second-order valence-electron chi connectivity index (χ2n) is 8.36. The lowest BCUT2D eigenvalue weighted by Gasteiger charge is -2.41. The summed E-state index contributed by atoms with van der Waals surface area (Å²) in [5.74, 6) is 0. The predicted molar refractivity (Wildman–Crippen MR) is 114 cm³/mol. The van der Waals surface area contributed by atoms with Crippen LogP contribution in [0.4, 0.5) is 0 Å². The first-order chi connectivity index (χ1) is 11.8. The van der Waals surface area contributed by atoms with Gasteiger partial charge in [0.25, 0.3) is 0 Å². The Bertz CT molecular complexity index is 794. The molecule has 0 saturated heterocycles. The third-order valence-electron chi connectivity index (χ3n) is 6.99. The second-order valence-corrected chi connectivity index (χ2v) is 11.9. The summed E-state index contributed by atoms with van der Waals surface area (Å²) in [6.07, 6.45) is 10.5. The molecule has 0 spiro atoms. The highest BCUT2D eigenvalue weighted by molar-refractivity contribution is 6.79. The van der Waals surface area contributed by atoms with Crippen LogP contribution in [0, 0.1) is 13.8 Å². The highest BCUT2D eigenvalue weighted by Crippen LogP contribution is 2.51. The highest BCUT2D eigenvalue weighted by atomic mass is 28.3. The van der Waals surface area contributed by atoms with Crippen molar-refractivity contribution in [2.45, 2.75) is 65.5 Å². The van der Waals surface area contributed by atoms with Gasteiger partial charge in [0.2, 0.25) is 0 Å². The molecule has 25 heavy (non-hydrogen) atoms. The number of hydrogen-bond donors (Lipinski definition) is 0. The zero-order valence-electron chi connectivity index (χ0n) is 16.9. The van der Waals surface area contributed by atoms with Crippen LogP contribution in [0.25, 0.3) is 0 Å². The van der Waals surface area contributed by atoms with Crippen molar-refractivity contribution in [2.24, 2.45) is 0 Å². The lowest BCUT2D eigenvalue weighted by Crippen LogP contribution is -2.46. The fourth-order valence-corrected chi connectivity index (χ4v) is 9.94. The summed E-state index contributed by atoms with van der Waals surface area (Å²) in [5.41, 5.74) is 9.90. The van der Waals surface area contributed by atoms with E-state index in [-0.39, 0.29) is 5.04 Å². The molecular weight excluding hydrogens is 316 g/mol. The minimum Gasteiger partial charge on any atom is -0.0840 e. The lowest BCUT2D eigenvalue weighted by atomic mass is 10.0. The van der Waals surface area contributed by atoms with Gasteiger partial charge in [0.15, 0.2) is 0 Å². The number of allylic oxidation sites excluding steroid dienone is 8. The Balaban J connectivity index is 2.23. The lowest BCUT2D eigenvalue weighted by molar-refractivity contribution is 0.730. The molecule has 1 aromatic rings. The van der Waals surface area contributed by atoms with Crippen LogP contribution in [0.2, 0.25) is 10.6 Å². The number of aryl methyl sites for hydroxylation is 1. The first kappa shape index (κ1) is 18.2. The molecule has 0 bridgehead atoms. The van der Waals surface area contributed by atoms with Crippen LogP contribution in [0.3, 0.4) is 0 Å². The van der Waals surface area contributed by atoms with Gasteiger partial charge in [-0.2, -0.15) is 0 Å². The molecule has 2 atom stereocenters. The summed E-state index contributed by atoms with van der Waals surface area (Å²) in [5, 5.41) is 1.94. The van der Waals surface area contributed by atoms with Crippen molar-refractivity contribution in [1.82, 2.24) is 0 Å². The van der Waals surface area contributed by atoms with E-state index in [1.165, 1.54) is 28.7 Å². The largest absolute Gasteiger partial charge is 0.0925 e. The number of rotatable bonds is 3. The summed E-state index contributed by atoms with van der Waals surface area (Å²) in [6.45, 7) is 16.5. The van der Waals surface area contributed by atoms with E-state index in [2.05, 4.69) is 91.0 Å². The van der Waals surface area contributed by atoms with Gasteiger partial charge < -0.3 is 0 Å². The zero-order chi connectivity index (χ0) is 18.4. The van der Waals surface area contributed by atoms with Crippen molar-refractivity contribution in [3.05, 3.63) is 75.9 Å². The van der Waals surface area contributed by atoms with Crippen LogP contribution in [-0.4, -0.2) is 8.80 Å². The van der Waals surface area contributed by atoms with E-state index in [9.17, 15) is 0 Å². The summed E-state index contributed by atoms with van der Waals surface area (Å²) < 4.78 is 0. The Labute approximate surface area is 155 Å². The fourth-order valence-electron chi connectivity index (χ4n) is 4.88. The molecule has 2 aliphatic carbocycles. The van der Waals surface area contributed by atoms with Gasteiger partial charge >= 0.3 is 0 Å². The Hall–Kier alpha value is -1.60. The molecular formula is C24H32Si. The van der Waals surface area contributed by atoms with Crippen molar-refractivity contribution in [2.75, 3.05) is 0 Å². The van der Waals surface area contributed by atoms with Crippen LogP contribution in [-0.2, 0) is 0 Å². The monoisotopic (exact) mass is 348 g/mol. The minimum absolute atomic E-state index is 0.283. The van der Waals surface area contributed by atoms with Gasteiger partial charge in [-0.25, -0.2) is 0 Å². The fraction of sp³-hybridized carbons (Fsp3) is 0.417. The van der Waals surface area contributed by atoms with Gasteiger partial charge in [0, 0.05) is 0 Å². The molecule has 0 aromatic heterocycles. The molecule has 0 nitrogen and oxygen atoms in total. The van der Waals surface area contributed by atoms with Crippen LogP contribution in [0.15, 0.2) is 64.8 Å². The molecule has 0 amide bonds. The smallest absolute Gasteiger partial charge is 0.0840 e. The molecule has 0 fully saturated rings. The van der Waals surface area contributed by atoms with Gasteiger partial charge in [0.1, 0.15) is 0 Å². The SMILES string of the molecule is CC1=C(C)C([SiH](c2cccc(C)c2C)C2(C)C=CC=CC2)C(C)=C1C. The number of hydrogen-bond acceptors (Lipinski definition) is 0. The number of benzene rings is 1. The second kappa shape index (κ2) is 6.61. The summed E-state index contributed by atoms with van der Waals surface area (Å²) in [6, 6.07) is 6.97. The molecule has 3 rings (SSSR count). The third-order valence-corrected chi connectivity index (χ3v) is 11.8. The van der Waals surface area contributed by atoms with Crippen molar-refractivity contribution >= 4 is 14.0 Å². The van der Waals surface area contributed by atoms with Crippen molar-refractivity contribution < 1.29 is 0 Å². The maximum atomic E-state index is 2.51. The van der Waals surface area contributed by atoms with E-state index < -0.39 is 8.80 Å². The average Bonchev–Trinajstić information content (AvgIpc) is 2.77. The normalized spacial score (nSPS) is 25.2. The van der Waals surface area contributed by atoms with E-state index in [1.54, 1.807) is 16.3 Å². The first-order valence-corrected chi connectivity index (χ1v) is 11.4. The molecule has 1 heteroatoms. The van der Waals surface area contributed by atoms with Gasteiger partial charge in [-0.15, -0.1) is 0 Å². The van der Waals surface area contributed by atoms with Gasteiger partial charge in [-0.05, 0) is 80.8 Å². The van der Waals surface area contributed by atoms with Crippen molar-refractivity contribution in [3.8, 4) is 0 Å². The summed E-state index contributed by atoms with van der Waals surface area (Å²) >= 11 is 0. The molecule has 0 heterocycles. The highest BCUT2D eigenvalue weighted by Gasteiger charge is 2.44.